The molecule has 0 saturated heterocycles. The predicted molar refractivity (Wildman–Crippen MR) is 77.2 cm³/mol. The second-order valence-corrected chi connectivity index (χ2v) is 5.31. The number of carbonyl (C=O) groups is 1. The van der Waals surface area contributed by atoms with Crippen LogP contribution >= 0.6 is 0 Å². The van der Waals surface area contributed by atoms with Crippen molar-refractivity contribution < 1.29 is 23.0 Å². The largest absolute Gasteiger partial charge is 0.497 e. The summed E-state index contributed by atoms with van der Waals surface area (Å²) in [5.74, 6) is 0.945. The van der Waals surface area contributed by atoms with E-state index < -0.39 is 6.61 Å². The van der Waals surface area contributed by atoms with Crippen LogP contribution < -0.4 is 20.1 Å². The van der Waals surface area contributed by atoms with Crippen molar-refractivity contribution in [2.75, 3.05) is 7.11 Å². The molecule has 2 amide bonds. The second-order valence-electron chi connectivity index (χ2n) is 5.31. The molecule has 1 aromatic carbocycles. The van der Waals surface area contributed by atoms with Gasteiger partial charge in [-0.05, 0) is 37.8 Å². The van der Waals surface area contributed by atoms with Gasteiger partial charge in [-0.3, -0.25) is 0 Å². The van der Waals surface area contributed by atoms with Gasteiger partial charge in [0.25, 0.3) is 0 Å². The van der Waals surface area contributed by atoms with Gasteiger partial charge in [-0.15, -0.1) is 0 Å². The van der Waals surface area contributed by atoms with Crippen LogP contribution in [0.2, 0.25) is 0 Å². The summed E-state index contributed by atoms with van der Waals surface area (Å²) in [6.45, 7) is -0.889. The first-order valence-corrected chi connectivity index (χ1v) is 7.15. The zero-order valence-electron chi connectivity index (χ0n) is 12.6. The van der Waals surface area contributed by atoms with E-state index >= 15 is 0 Å². The quantitative estimate of drug-likeness (QED) is 0.813. The first-order chi connectivity index (χ1) is 10.5. The van der Waals surface area contributed by atoms with Crippen molar-refractivity contribution in [1.82, 2.24) is 10.6 Å². The van der Waals surface area contributed by atoms with Gasteiger partial charge in [-0.2, -0.15) is 8.78 Å². The second kappa shape index (κ2) is 7.29. The third-order valence-corrected chi connectivity index (χ3v) is 3.62. The SMILES string of the molecule is COc1ccc(CNC(=O)N[C@@H](C)C2CC2)c(OC(F)F)c1. The monoisotopic (exact) mass is 314 g/mol. The number of hydrogen-bond donors (Lipinski definition) is 2. The van der Waals surface area contributed by atoms with E-state index in [0.29, 0.717) is 17.2 Å². The number of nitrogens with one attached hydrogen (secondary N) is 2. The summed E-state index contributed by atoms with van der Waals surface area (Å²) >= 11 is 0. The highest BCUT2D eigenvalue weighted by Gasteiger charge is 2.28. The molecule has 1 aromatic rings. The lowest BCUT2D eigenvalue weighted by molar-refractivity contribution is -0.0505. The Morgan fingerprint density at radius 1 is 1.41 bits per heavy atom. The maximum Gasteiger partial charge on any atom is 0.387 e. The molecule has 1 aliphatic rings. The minimum absolute atomic E-state index is 0.00936. The summed E-state index contributed by atoms with van der Waals surface area (Å²) in [6.07, 6.45) is 2.26. The molecule has 1 fully saturated rings. The molecule has 1 saturated carbocycles. The van der Waals surface area contributed by atoms with Crippen LogP contribution in [-0.4, -0.2) is 25.8 Å². The Morgan fingerprint density at radius 3 is 2.73 bits per heavy atom. The van der Waals surface area contributed by atoms with Crippen molar-refractivity contribution in [3.63, 3.8) is 0 Å². The first-order valence-electron chi connectivity index (χ1n) is 7.15. The highest BCUT2D eigenvalue weighted by Crippen LogP contribution is 2.32. The smallest absolute Gasteiger partial charge is 0.387 e. The molecule has 0 bridgehead atoms. The van der Waals surface area contributed by atoms with Gasteiger partial charge in [-0.1, -0.05) is 0 Å². The molecule has 0 aliphatic heterocycles. The van der Waals surface area contributed by atoms with Crippen molar-refractivity contribution in [1.29, 1.82) is 0 Å². The number of carbonyl (C=O) groups excluding carboxylic acids is 1. The molecule has 1 atom stereocenters. The van der Waals surface area contributed by atoms with Crippen LogP contribution in [0.25, 0.3) is 0 Å². The molecule has 0 unspecified atom stereocenters. The molecule has 0 heterocycles. The summed E-state index contributed by atoms with van der Waals surface area (Å²) in [4.78, 5) is 11.8. The number of benzene rings is 1. The van der Waals surface area contributed by atoms with Gasteiger partial charge in [-0.25, -0.2) is 4.79 Å². The van der Waals surface area contributed by atoms with E-state index in [1.165, 1.54) is 13.2 Å². The Bertz CT molecular complexity index is 522. The van der Waals surface area contributed by atoms with Gasteiger partial charge < -0.3 is 20.1 Å². The Labute approximate surface area is 128 Å². The molecule has 1 aliphatic carbocycles. The van der Waals surface area contributed by atoms with Gasteiger partial charge in [0.05, 0.1) is 7.11 Å². The van der Waals surface area contributed by atoms with E-state index in [1.807, 2.05) is 6.92 Å². The van der Waals surface area contributed by atoms with Crippen molar-refractivity contribution >= 4 is 6.03 Å². The Morgan fingerprint density at radius 2 is 2.14 bits per heavy atom. The molecule has 122 valence electrons. The number of rotatable bonds is 7. The van der Waals surface area contributed by atoms with Crippen LogP contribution in [0.15, 0.2) is 18.2 Å². The average molecular weight is 314 g/mol. The van der Waals surface area contributed by atoms with E-state index in [0.717, 1.165) is 12.8 Å². The van der Waals surface area contributed by atoms with E-state index in [-0.39, 0.29) is 24.4 Å². The van der Waals surface area contributed by atoms with Crippen molar-refractivity contribution in [2.24, 2.45) is 5.92 Å². The lowest BCUT2D eigenvalue weighted by Gasteiger charge is -2.15. The standard InChI is InChI=1S/C15H20F2N2O3/c1-9(10-3-4-10)19-15(20)18-8-11-5-6-12(21-2)7-13(11)22-14(16)17/h5-7,9-10,14H,3-4,8H2,1-2H3,(H2,18,19,20)/t9-/m0/s1. The van der Waals surface area contributed by atoms with Crippen molar-refractivity contribution in [3.05, 3.63) is 23.8 Å². The molecular formula is C15H20F2N2O3. The first kappa shape index (κ1) is 16.3. The van der Waals surface area contributed by atoms with Gasteiger partial charge >= 0.3 is 12.6 Å². The zero-order chi connectivity index (χ0) is 16.1. The number of hydrogen-bond acceptors (Lipinski definition) is 3. The number of urea groups is 1. The Kier molecular flexibility index (Phi) is 5.41. The van der Waals surface area contributed by atoms with E-state index in [9.17, 15) is 13.6 Å². The van der Waals surface area contributed by atoms with Crippen LogP contribution in [-0.2, 0) is 6.54 Å². The van der Waals surface area contributed by atoms with E-state index in [2.05, 4.69) is 15.4 Å². The molecule has 0 spiro atoms. The highest BCUT2D eigenvalue weighted by atomic mass is 19.3. The van der Waals surface area contributed by atoms with Gasteiger partial charge in [0.15, 0.2) is 0 Å². The lowest BCUT2D eigenvalue weighted by Crippen LogP contribution is -2.41. The van der Waals surface area contributed by atoms with Crippen LogP contribution in [0.3, 0.4) is 0 Å². The maximum absolute atomic E-state index is 12.4. The van der Waals surface area contributed by atoms with Gasteiger partial charge in [0.2, 0.25) is 0 Å². The molecular weight excluding hydrogens is 294 g/mol. The van der Waals surface area contributed by atoms with Crippen LogP contribution in [0.5, 0.6) is 11.5 Å². The number of alkyl halides is 2. The van der Waals surface area contributed by atoms with Gasteiger partial charge in [0.1, 0.15) is 11.5 Å². The average Bonchev–Trinajstić information content (AvgIpc) is 3.29. The molecule has 7 heteroatoms. The van der Waals surface area contributed by atoms with E-state index in [1.54, 1.807) is 12.1 Å². The van der Waals surface area contributed by atoms with Crippen molar-refractivity contribution in [2.45, 2.75) is 39.0 Å². The highest BCUT2D eigenvalue weighted by molar-refractivity contribution is 5.74. The normalized spacial score (nSPS) is 15.3. The van der Waals surface area contributed by atoms with Crippen LogP contribution in [0, 0.1) is 5.92 Å². The summed E-state index contributed by atoms with van der Waals surface area (Å²) in [5.41, 5.74) is 0.454. The van der Waals surface area contributed by atoms with Crippen molar-refractivity contribution in [3.8, 4) is 11.5 Å². The zero-order valence-corrected chi connectivity index (χ0v) is 12.6. The summed E-state index contributed by atoms with van der Waals surface area (Å²) in [7, 11) is 1.44. The third-order valence-electron chi connectivity index (χ3n) is 3.62. The lowest BCUT2D eigenvalue weighted by atomic mass is 10.2. The Hall–Kier alpha value is -2.05. The molecule has 0 radical (unpaired) electrons. The fourth-order valence-corrected chi connectivity index (χ4v) is 2.16. The minimum Gasteiger partial charge on any atom is -0.497 e. The number of amides is 2. The van der Waals surface area contributed by atoms with Gasteiger partial charge in [0, 0.05) is 24.2 Å². The predicted octanol–water partition coefficient (Wildman–Crippen LogP) is 2.89. The molecule has 2 rings (SSSR count). The number of ether oxygens (including phenoxy) is 2. The minimum atomic E-state index is -2.94. The maximum atomic E-state index is 12.4. The summed E-state index contributed by atoms with van der Waals surface area (Å²) in [5, 5.41) is 5.48. The third kappa shape index (κ3) is 4.75. The fourth-order valence-electron chi connectivity index (χ4n) is 2.16. The van der Waals surface area contributed by atoms with E-state index in [4.69, 9.17) is 4.74 Å². The fraction of sp³-hybridized carbons (Fsp3) is 0.533. The Balaban J connectivity index is 1.93. The number of methoxy groups -OCH3 is 1. The molecule has 2 N–H and O–H groups in total. The molecule has 0 aromatic heterocycles. The van der Waals surface area contributed by atoms with Crippen LogP contribution in [0.1, 0.15) is 25.3 Å². The molecule has 22 heavy (non-hydrogen) atoms. The topological polar surface area (TPSA) is 59.6 Å². The molecule has 5 nitrogen and oxygen atoms in total. The summed E-state index contributed by atoms with van der Waals surface area (Å²) in [6, 6.07) is 4.38. The summed E-state index contributed by atoms with van der Waals surface area (Å²) < 4.78 is 34.3. The number of halogens is 2. The van der Waals surface area contributed by atoms with Crippen LogP contribution in [0.4, 0.5) is 13.6 Å².